The lowest BCUT2D eigenvalue weighted by Gasteiger charge is -2.33. The highest BCUT2D eigenvalue weighted by Crippen LogP contribution is 2.34. The molecule has 5 heteroatoms. The van der Waals surface area contributed by atoms with Gasteiger partial charge in [-0.1, -0.05) is 30.3 Å². The Balaban J connectivity index is 1.90. The first-order valence-electron chi connectivity index (χ1n) is 6.74. The van der Waals surface area contributed by atoms with E-state index >= 15 is 0 Å². The van der Waals surface area contributed by atoms with Crippen LogP contribution in [0.3, 0.4) is 0 Å². The van der Waals surface area contributed by atoms with E-state index in [1.165, 1.54) is 0 Å². The quantitative estimate of drug-likeness (QED) is 0.847. The SMILES string of the molecule is N#CC(CN1CCC(C(F)(F)F)CC1)c1ccccc1. The van der Waals surface area contributed by atoms with Gasteiger partial charge < -0.3 is 4.90 Å². The molecule has 0 radical (unpaired) electrons. The third-order valence-corrected chi connectivity index (χ3v) is 3.85. The van der Waals surface area contributed by atoms with Crippen LogP contribution in [0.1, 0.15) is 24.3 Å². The molecular formula is C15H17F3N2. The summed E-state index contributed by atoms with van der Waals surface area (Å²) in [6, 6.07) is 11.6. The number of nitrogens with zero attached hydrogens (tertiary/aromatic N) is 2. The predicted octanol–water partition coefficient (Wildman–Crippen LogP) is 3.57. The van der Waals surface area contributed by atoms with Gasteiger partial charge in [-0.3, -0.25) is 0 Å². The van der Waals surface area contributed by atoms with Gasteiger partial charge in [0.15, 0.2) is 0 Å². The number of likely N-dealkylation sites (tertiary alicyclic amines) is 1. The van der Waals surface area contributed by atoms with E-state index in [0.29, 0.717) is 19.6 Å². The molecular weight excluding hydrogens is 265 g/mol. The maximum absolute atomic E-state index is 12.6. The second-order valence-corrected chi connectivity index (χ2v) is 5.21. The van der Waals surface area contributed by atoms with E-state index in [1.54, 1.807) is 0 Å². The highest BCUT2D eigenvalue weighted by Gasteiger charge is 2.41. The molecule has 20 heavy (non-hydrogen) atoms. The lowest BCUT2D eigenvalue weighted by Crippen LogP contribution is -2.40. The van der Waals surface area contributed by atoms with Gasteiger partial charge in [-0.2, -0.15) is 18.4 Å². The number of piperidine rings is 1. The number of alkyl halides is 3. The van der Waals surface area contributed by atoms with Crippen LogP contribution < -0.4 is 0 Å². The summed E-state index contributed by atoms with van der Waals surface area (Å²) < 4.78 is 37.8. The monoisotopic (exact) mass is 282 g/mol. The molecule has 2 nitrogen and oxygen atoms in total. The van der Waals surface area contributed by atoms with Crippen molar-refractivity contribution in [1.29, 1.82) is 5.26 Å². The first-order chi connectivity index (χ1) is 9.50. The second-order valence-electron chi connectivity index (χ2n) is 5.21. The molecule has 1 aromatic rings. The zero-order valence-corrected chi connectivity index (χ0v) is 11.1. The van der Waals surface area contributed by atoms with Crippen LogP contribution in [0.2, 0.25) is 0 Å². The van der Waals surface area contributed by atoms with Gasteiger partial charge in [0.25, 0.3) is 0 Å². The smallest absolute Gasteiger partial charge is 0.302 e. The Hall–Kier alpha value is -1.54. The number of hydrogen-bond acceptors (Lipinski definition) is 2. The molecule has 1 aliphatic heterocycles. The normalized spacial score (nSPS) is 19.5. The number of halogens is 3. The van der Waals surface area contributed by atoms with Crippen LogP contribution in [0.5, 0.6) is 0 Å². The molecule has 0 saturated carbocycles. The largest absolute Gasteiger partial charge is 0.391 e. The van der Waals surface area contributed by atoms with Crippen LogP contribution in [0.4, 0.5) is 13.2 Å². The fraction of sp³-hybridized carbons (Fsp3) is 0.533. The zero-order valence-electron chi connectivity index (χ0n) is 11.1. The lowest BCUT2D eigenvalue weighted by molar-refractivity contribution is -0.185. The van der Waals surface area contributed by atoms with E-state index in [1.807, 2.05) is 35.2 Å². The number of rotatable bonds is 3. The van der Waals surface area contributed by atoms with E-state index in [0.717, 1.165) is 5.56 Å². The molecule has 0 amide bonds. The van der Waals surface area contributed by atoms with E-state index in [4.69, 9.17) is 0 Å². The molecule has 1 aromatic carbocycles. The number of nitriles is 1. The molecule has 1 heterocycles. The summed E-state index contributed by atoms with van der Waals surface area (Å²) in [7, 11) is 0. The molecule has 0 aromatic heterocycles. The van der Waals surface area contributed by atoms with Gasteiger partial charge >= 0.3 is 6.18 Å². The van der Waals surface area contributed by atoms with E-state index in [-0.39, 0.29) is 18.8 Å². The van der Waals surface area contributed by atoms with Gasteiger partial charge in [-0.05, 0) is 31.5 Å². The third-order valence-electron chi connectivity index (χ3n) is 3.85. The Bertz CT molecular complexity index is 456. The predicted molar refractivity (Wildman–Crippen MR) is 70.0 cm³/mol. The van der Waals surface area contributed by atoms with Crippen molar-refractivity contribution >= 4 is 0 Å². The summed E-state index contributed by atoms with van der Waals surface area (Å²) in [5.74, 6) is -1.46. The maximum atomic E-state index is 12.6. The van der Waals surface area contributed by atoms with Gasteiger partial charge in [-0.25, -0.2) is 0 Å². The average Bonchev–Trinajstić information content (AvgIpc) is 2.45. The molecule has 1 fully saturated rings. The fourth-order valence-electron chi connectivity index (χ4n) is 2.61. The third kappa shape index (κ3) is 3.73. The van der Waals surface area contributed by atoms with Crippen LogP contribution in [-0.2, 0) is 0 Å². The van der Waals surface area contributed by atoms with Crippen molar-refractivity contribution in [2.75, 3.05) is 19.6 Å². The molecule has 0 N–H and O–H groups in total. The van der Waals surface area contributed by atoms with Crippen molar-refractivity contribution in [1.82, 2.24) is 4.90 Å². The van der Waals surface area contributed by atoms with E-state index < -0.39 is 12.1 Å². The van der Waals surface area contributed by atoms with Crippen molar-refractivity contribution < 1.29 is 13.2 Å². The van der Waals surface area contributed by atoms with Crippen LogP contribution >= 0.6 is 0 Å². The van der Waals surface area contributed by atoms with Crippen LogP contribution in [-0.4, -0.2) is 30.7 Å². The van der Waals surface area contributed by atoms with Gasteiger partial charge in [0.05, 0.1) is 17.9 Å². The summed E-state index contributed by atoms with van der Waals surface area (Å²) in [5.41, 5.74) is 0.924. The van der Waals surface area contributed by atoms with E-state index in [2.05, 4.69) is 6.07 Å². The van der Waals surface area contributed by atoms with Crippen LogP contribution in [0, 0.1) is 17.2 Å². The van der Waals surface area contributed by atoms with Crippen LogP contribution in [0.25, 0.3) is 0 Å². The Morgan fingerprint density at radius 3 is 2.30 bits per heavy atom. The van der Waals surface area contributed by atoms with Gasteiger partial charge in [0.2, 0.25) is 0 Å². The summed E-state index contributed by atoms with van der Waals surface area (Å²) >= 11 is 0. The summed E-state index contributed by atoms with van der Waals surface area (Å²) in [4.78, 5) is 1.96. The minimum atomic E-state index is -4.08. The first kappa shape index (κ1) is 14.9. The van der Waals surface area contributed by atoms with Gasteiger partial charge in [0.1, 0.15) is 0 Å². The van der Waals surface area contributed by atoms with Crippen LogP contribution in [0.15, 0.2) is 30.3 Å². The molecule has 1 saturated heterocycles. The standard InChI is InChI=1S/C15H17F3N2/c16-15(17,18)14-6-8-20(9-7-14)11-13(10-19)12-4-2-1-3-5-12/h1-5,13-14H,6-9,11H2. The first-order valence-corrected chi connectivity index (χ1v) is 6.74. The van der Waals surface area contributed by atoms with Crippen molar-refractivity contribution in [2.45, 2.75) is 24.9 Å². The second kappa shape index (κ2) is 6.27. The van der Waals surface area contributed by atoms with E-state index in [9.17, 15) is 18.4 Å². The minimum Gasteiger partial charge on any atom is -0.302 e. The van der Waals surface area contributed by atoms with Crippen molar-refractivity contribution in [2.24, 2.45) is 5.92 Å². The molecule has 1 atom stereocenters. The van der Waals surface area contributed by atoms with Crippen molar-refractivity contribution in [3.8, 4) is 6.07 Å². The Labute approximate surface area is 116 Å². The molecule has 0 spiro atoms. The fourth-order valence-corrected chi connectivity index (χ4v) is 2.61. The van der Waals surface area contributed by atoms with Gasteiger partial charge in [-0.15, -0.1) is 0 Å². The zero-order chi connectivity index (χ0) is 14.6. The molecule has 2 rings (SSSR count). The number of benzene rings is 1. The Morgan fingerprint density at radius 1 is 1.20 bits per heavy atom. The number of hydrogen-bond donors (Lipinski definition) is 0. The molecule has 0 bridgehead atoms. The lowest BCUT2D eigenvalue weighted by atomic mass is 9.94. The van der Waals surface area contributed by atoms with Crippen molar-refractivity contribution in [3.63, 3.8) is 0 Å². The molecule has 1 unspecified atom stereocenters. The summed E-state index contributed by atoms with van der Waals surface area (Å²) in [5, 5.41) is 9.23. The van der Waals surface area contributed by atoms with Gasteiger partial charge in [0, 0.05) is 6.54 Å². The topological polar surface area (TPSA) is 27.0 Å². The Kier molecular flexibility index (Phi) is 4.66. The highest BCUT2D eigenvalue weighted by molar-refractivity contribution is 5.25. The minimum absolute atomic E-state index is 0.135. The average molecular weight is 282 g/mol. The maximum Gasteiger partial charge on any atom is 0.391 e. The molecule has 0 aliphatic carbocycles. The molecule has 1 aliphatic rings. The summed E-state index contributed by atoms with van der Waals surface area (Å²) in [6.07, 6.45) is -3.81. The molecule has 108 valence electrons. The highest BCUT2D eigenvalue weighted by atomic mass is 19.4. The van der Waals surface area contributed by atoms with Crippen molar-refractivity contribution in [3.05, 3.63) is 35.9 Å². The summed E-state index contributed by atoms with van der Waals surface area (Å²) in [6.45, 7) is 1.33. The Morgan fingerprint density at radius 2 is 1.80 bits per heavy atom.